The minimum Gasteiger partial charge on any atom is -0.497 e. The second-order valence-corrected chi connectivity index (χ2v) is 12.6. The van der Waals surface area contributed by atoms with Crippen LogP contribution in [-0.2, 0) is 0 Å². The first-order valence-corrected chi connectivity index (χ1v) is 17.4. The Balaban J connectivity index is 0.000000189. The minimum absolute atomic E-state index is 0.0282. The van der Waals surface area contributed by atoms with Crippen LogP contribution in [0.25, 0.3) is 11.1 Å². The van der Waals surface area contributed by atoms with E-state index in [0.29, 0.717) is 33.8 Å². The lowest BCUT2D eigenvalue weighted by atomic mass is 10.0. The van der Waals surface area contributed by atoms with E-state index in [2.05, 4.69) is 31.2 Å². The highest BCUT2D eigenvalue weighted by Crippen LogP contribution is 2.27. The molecule has 0 radical (unpaired) electrons. The fourth-order valence-corrected chi connectivity index (χ4v) is 5.51. The summed E-state index contributed by atoms with van der Waals surface area (Å²) in [4.78, 5) is 25.1. The molecule has 7 rings (SSSR count). The average Bonchev–Trinajstić information content (AvgIpc) is 3.23. The number of benzene rings is 7. The third-order valence-electron chi connectivity index (χ3n) is 8.67. The van der Waals surface area contributed by atoms with Gasteiger partial charge in [-0.15, -0.1) is 0 Å². The van der Waals surface area contributed by atoms with Crippen LogP contribution in [0.5, 0.6) is 34.5 Å². The predicted octanol–water partition coefficient (Wildman–Crippen LogP) is 11.7. The van der Waals surface area contributed by atoms with Crippen molar-refractivity contribution in [2.75, 3.05) is 14.2 Å². The Morgan fingerprint density at radius 2 is 0.537 bits per heavy atom. The van der Waals surface area contributed by atoms with Crippen LogP contribution >= 0.6 is 0 Å². The molecule has 0 heterocycles. The van der Waals surface area contributed by atoms with Gasteiger partial charge in [0.2, 0.25) is 0 Å². The summed E-state index contributed by atoms with van der Waals surface area (Å²) in [6.45, 7) is 4.11. The van der Waals surface area contributed by atoms with E-state index in [1.807, 2.05) is 67.6 Å². The van der Waals surface area contributed by atoms with Crippen molar-refractivity contribution in [2.45, 2.75) is 13.8 Å². The lowest BCUT2D eigenvalue weighted by Gasteiger charge is -2.08. The summed E-state index contributed by atoms with van der Waals surface area (Å²) in [6.07, 6.45) is 0. The Bertz CT molecular complexity index is 2270. The molecule has 0 fully saturated rings. The predicted molar refractivity (Wildman–Crippen MR) is 214 cm³/mol. The van der Waals surface area contributed by atoms with E-state index < -0.39 is 0 Å². The second-order valence-electron chi connectivity index (χ2n) is 12.6. The van der Waals surface area contributed by atoms with Crippen molar-refractivity contribution < 1.29 is 28.5 Å². The monoisotopic (exact) mass is 712 g/mol. The largest absolute Gasteiger partial charge is 0.497 e. The van der Waals surface area contributed by atoms with Crippen LogP contribution in [-0.4, -0.2) is 25.8 Å². The number of ether oxygens (including phenoxy) is 4. The van der Waals surface area contributed by atoms with E-state index >= 15 is 0 Å². The molecule has 0 amide bonds. The number of ketones is 2. The van der Waals surface area contributed by atoms with Gasteiger partial charge in [-0.3, -0.25) is 9.59 Å². The molecule has 0 spiro atoms. The van der Waals surface area contributed by atoms with Crippen molar-refractivity contribution in [3.8, 4) is 45.6 Å². The van der Waals surface area contributed by atoms with Crippen molar-refractivity contribution in [1.82, 2.24) is 0 Å². The molecule has 7 aromatic carbocycles. The van der Waals surface area contributed by atoms with Gasteiger partial charge < -0.3 is 18.9 Å². The molecule has 0 unspecified atom stereocenters. The molecule has 0 bridgehead atoms. The molecule has 0 saturated carbocycles. The van der Waals surface area contributed by atoms with Gasteiger partial charge in [0.05, 0.1) is 14.2 Å². The number of rotatable bonds is 11. The number of carbonyl (C=O) groups is 2. The van der Waals surface area contributed by atoms with Crippen LogP contribution in [0.3, 0.4) is 0 Å². The minimum atomic E-state index is -0.0355. The highest BCUT2D eigenvalue weighted by molar-refractivity contribution is 6.09. The number of methoxy groups -OCH3 is 2. The van der Waals surface area contributed by atoms with Crippen LogP contribution in [0.2, 0.25) is 0 Å². The summed E-state index contributed by atoms with van der Waals surface area (Å²) < 4.78 is 22.0. The maximum atomic E-state index is 12.6. The number of carbonyl (C=O) groups excluding carboxylic acids is 2. The molecule has 0 aliphatic carbocycles. The van der Waals surface area contributed by atoms with Crippen molar-refractivity contribution >= 4 is 11.6 Å². The summed E-state index contributed by atoms with van der Waals surface area (Å²) >= 11 is 0. The Hall–Kier alpha value is -6.92. The van der Waals surface area contributed by atoms with Crippen molar-refractivity contribution in [2.24, 2.45) is 0 Å². The number of hydrogen-bond acceptors (Lipinski definition) is 6. The summed E-state index contributed by atoms with van der Waals surface area (Å²) in [5, 5.41) is 0. The number of aryl methyl sites for hydroxylation is 2. The van der Waals surface area contributed by atoms with Gasteiger partial charge in [-0.1, -0.05) is 59.7 Å². The Morgan fingerprint density at radius 3 is 0.833 bits per heavy atom. The van der Waals surface area contributed by atoms with Crippen LogP contribution in [0.15, 0.2) is 170 Å². The molecular weight excluding hydrogens is 673 g/mol. The van der Waals surface area contributed by atoms with Crippen molar-refractivity contribution in [1.29, 1.82) is 0 Å². The fraction of sp³-hybridized carbons (Fsp3) is 0.0833. The summed E-state index contributed by atoms with van der Waals surface area (Å²) in [5.74, 6) is 4.30. The summed E-state index contributed by atoms with van der Waals surface area (Å²) in [5.41, 5.74) is 7.23. The molecule has 0 saturated heterocycles. The van der Waals surface area contributed by atoms with Gasteiger partial charge in [0, 0.05) is 22.3 Å². The van der Waals surface area contributed by atoms with E-state index in [1.165, 1.54) is 16.7 Å². The van der Waals surface area contributed by atoms with Gasteiger partial charge in [-0.2, -0.15) is 0 Å². The molecule has 0 N–H and O–H groups in total. The molecule has 0 aliphatic heterocycles. The highest BCUT2D eigenvalue weighted by Gasteiger charge is 2.11. The van der Waals surface area contributed by atoms with Gasteiger partial charge in [0.15, 0.2) is 11.6 Å². The molecule has 54 heavy (non-hydrogen) atoms. The standard InChI is InChI=1S/C27H22O3.C21H18O3/c1-19-3-5-20(6-4-19)21-7-15-25(16-8-21)30-26-17-11-23(12-18-26)27(28)22-9-13-24(29-2)14-10-22;1-15-3-9-19(10-4-15)24-20-13-7-17(8-14-20)21(22)16-5-11-18(23-2)12-6-16/h3-18H,1-2H3;3-14H,1-2H3. The zero-order chi connectivity index (χ0) is 37.9. The molecule has 7 aromatic rings. The van der Waals surface area contributed by atoms with E-state index in [0.717, 1.165) is 28.6 Å². The zero-order valence-corrected chi connectivity index (χ0v) is 30.6. The van der Waals surface area contributed by atoms with Crippen molar-refractivity contribution in [3.63, 3.8) is 0 Å². The Morgan fingerprint density at radius 1 is 0.315 bits per heavy atom. The molecule has 6 heteroatoms. The van der Waals surface area contributed by atoms with Gasteiger partial charge in [-0.05, 0) is 146 Å². The van der Waals surface area contributed by atoms with Gasteiger partial charge in [0.1, 0.15) is 34.5 Å². The van der Waals surface area contributed by atoms with E-state index in [4.69, 9.17) is 18.9 Å². The smallest absolute Gasteiger partial charge is 0.193 e. The van der Waals surface area contributed by atoms with Crippen molar-refractivity contribution in [3.05, 3.63) is 203 Å². The average molecular weight is 713 g/mol. The Labute approximate surface area is 316 Å². The highest BCUT2D eigenvalue weighted by atomic mass is 16.5. The van der Waals surface area contributed by atoms with E-state index in [1.54, 1.807) is 99.1 Å². The zero-order valence-electron chi connectivity index (χ0n) is 30.6. The maximum Gasteiger partial charge on any atom is 0.193 e. The summed E-state index contributed by atoms with van der Waals surface area (Å²) in [6, 6.07) is 52.8. The van der Waals surface area contributed by atoms with Gasteiger partial charge in [-0.25, -0.2) is 0 Å². The lowest BCUT2D eigenvalue weighted by Crippen LogP contribution is -2.01. The first kappa shape index (κ1) is 36.9. The van der Waals surface area contributed by atoms with Crippen LogP contribution < -0.4 is 18.9 Å². The number of hydrogen-bond donors (Lipinski definition) is 0. The third kappa shape index (κ3) is 9.69. The molecule has 6 nitrogen and oxygen atoms in total. The molecule has 0 atom stereocenters. The summed E-state index contributed by atoms with van der Waals surface area (Å²) in [7, 11) is 3.20. The Kier molecular flexibility index (Phi) is 12.0. The molecule has 0 aliphatic rings. The van der Waals surface area contributed by atoms with Crippen LogP contribution in [0.4, 0.5) is 0 Å². The molecule has 268 valence electrons. The van der Waals surface area contributed by atoms with E-state index in [9.17, 15) is 9.59 Å². The topological polar surface area (TPSA) is 71.1 Å². The van der Waals surface area contributed by atoms with Gasteiger partial charge >= 0.3 is 0 Å². The first-order valence-electron chi connectivity index (χ1n) is 17.4. The van der Waals surface area contributed by atoms with Gasteiger partial charge in [0.25, 0.3) is 0 Å². The lowest BCUT2D eigenvalue weighted by molar-refractivity contribution is 0.103. The SMILES string of the molecule is COc1ccc(C(=O)c2ccc(Oc3ccc(-c4ccc(C)cc4)cc3)cc2)cc1.COc1ccc(C(=O)c2ccc(Oc3ccc(C)cc3)cc2)cc1. The normalized spacial score (nSPS) is 10.4. The molecule has 0 aromatic heterocycles. The molecular formula is C48H40O6. The van der Waals surface area contributed by atoms with Crippen LogP contribution in [0, 0.1) is 13.8 Å². The van der Waals surface area contributed by atoms with Crippen LogP contribution in [0.1, 0.15) is 43.0 Å². The fourth-order valence-electron chi connectivity index (χ4n) is 5.51. The quantitative estimate of drug-likeness (QED) is 0.124. The second kappa shape index (κ2) is 17.5. The maximum absolute atomic E-state index is 12.6. The first-order chi connectivity index (χ1) is 26.3. The third-order valence-corrected chi connectivity index (χ3v) is 8.67. The van der Waals surface area contributed by atoms with E-state index in [-0.39, 0.29) is 11.6 Å².